The maximum atomic E-state index is 12.5. The minimum atomic E-state index is -0.494. The summed E-state index contributed by atoms with van der Waals surface area (Å²) >= 11 is 0. The number of nitro groups is 1. The number of anilines is 1. The predicted octanol–water partition coefficient (Wildman–Crippen LogP) is 4.77. The molecule has 0 saturated carbocycles. The smallest absolute Gasteiger partial charge is 0.271 e. The SMILES string of the molecule is O=C(Cn1ccc2c(OCc3ccccc3)cccc21)Nc1cccc([N+](=O)[O-])c1. The summed E-state index contributed by atoms with van der Waals surface area (Å²) in [6.07, 6.45) is 1.83. The van der Waals surface area contributed by atoms with E-state index in [0.717, 1.165) is 22.2 Å². The maximum absolute atomic E-state index is 12.5. The van der Waals surface area contributed by atoms with Crippen molar-refractivity contribution in [2.24, 2.45) is 0 Å². The molecular formula is C23H19N3O4. The average molecular weight is 401 g/mol. The van der Waals surface area contributed by atoms with Crippen LogP contribution in [-0.4, -0.2) is 15.4 Å². The fourth-order valence-corrected chi connectivity index (χ4v) is 3.25. The number of amides is 1. The van der Waals surface area contributed by atoms with Crippen LogP contribution >= 0.6 is 0 Å². The Morgan fingerprint density at radius 1 is 1.00 bits per heavy atom. The largest absolute Gasteiger partial charge is 0.488 e. The van der Waals surface area contributed by atoms with Crippen LogP contribution in [0.15, 0.2) is 85.1 Å². The molecule has 150 valence electrons. The van der Waals surface area contributed by atoms with Gasteiger partial charge in [0.1, 0.15) is 18.9 Å². The number of nitrogens with one attached hydrogen (secondary N) is 1. The Bertz CT molecular complexity index is 1200. The molecule has 7 nitrogen and oxygen atoms in total. The Kier molecular flexibility index (Phi) is 5.43. The van der Waals surface area contributed by atoms with Crippen LogP contribution in [0.2, 0.25) is 0 Å². The van der Waals surface area contributed by atoms with E-state index in [9.17, 15) is 14.9 Å². The number of carbonyl (C=O) groups is 1. The van der Waals surface area contributed by atoms with Gasteiger partial charge in [-0.3, -0.25) is 14.9 Å². The quantitative estimate of drug-likeness (QED) is 0.357. The van der Waals surface area contributed by atoms with Crippen LogP contribution in [0.3, 0.4) is 0 Å². The monoisotopic (exact) mass is 401 g/mol. The molecule has 30 heavy (non-hydrogen) atoms. The minimum Gasteiger partial charge on any atom is -0.488 e. The normalized spacial score (nSPS) is 10.7. The first-order valence-corrected chi connectivity index (χ1v) is 9.39. The molecule has 0 radical (unpaired) electrons. The molecule has 0 unspecified atom stereocenters. The first kappa shape index (κ1) is 19.2. The van der Waals surface area contributed by atoms with Gasteiger partial charge in [-0.1, -0.05) is 42.5 Å². The van der Waals surface area contributed by atoms with Gasteiger partial charge in [0.2, 0.25) is 5.91 Å². The van der Waals surface area contributed by atoms with E-state index in [1.54, 1.807) is 6.07 Å². The lowest BCUT2D eigenvalue weighted by Crippen LogP contribution is -2.18. The molecule has 0 atom stereocenters. The van der Waals surface area contributed by atoms with Crippen molar-refractivity contribution in [1.29, 1.82) is 0 Å². The first-order chi connectivity index (χ1) is 14.6. The van der Waals surface area contributed by atoms with E-state index >= 15 is 0 Å². The molecule has 0 aliphatic rings. The van der Waals surface area contributed by atoms with Crippen molar-refractivity contribution in [3.05, 3.63) is 101 Å². The Labute approximate surface area is 172 Å². The van der Waals surface area contributed by atoms with Gasteiger partial charge < -0.3 is 14.6 Å². The number of carbonyl (C=O) groups excluding carboxylic acids is 1. The zero-order chi connectivity index (χ0) is 20.9. The number of benzene rings is 3. The number of nitrogens with zero attached hydrogens (tertiary/aromatic N) is 2. The van der Waals surface area contributed by atoms with Gasteiger partial charge in [0.25, 0.3) is 5.69 Å². The second kappa shape index (κ2) is 8.48. The van der Waals surface area contributed by atoms with Crippen molar-refractivity contribution in [3.8, 4) is 5.75 Å². The van der Waals surface area contributed by atoms with E-state index in [0.29, 0.717) is 12.3 Å². The number of non-ortho nitro benzene ring substituents is 1. The van der Waals surface area contributed by atoms with Crippen LogP contribution in [-0.2, 0) is 17.9 Å². The summed E-state index contributed by atoms with van der Waals surface area (Å²) in [6.45, 7) is 0.534. The second-order valence-corrected chi connectivity index (χ2v) is 6.76. The molecule has 7 heteroatoms. The Balaban J connectivity index is 1.48. The molecule has 0 fully saturated rings. The van der Waals surface area contributed by atoms with Crippen molar-refractivity contribution in [2.75, 3.05) is 5.32 Å². The summed E-state index contributed by atoms with van der Waals surface area (Å²) in [5.74, 6) is 0.470. The molecule has 0 saturated heterocycles. The zero-order valence-electron chi connectivity index (χ0n) is 16.0. The van der Waals surface area contributed by atoms with Crippen LogP contribution in [0, 0.1) is 10.1 Å². The Hall–Kier alpha value is -4.13. The number of ether oxygens (including phenoxy) is 1. The topological polar surface area (TPSA) is 86.4 Å². The summed E-state index contributed by atoms with van der Waals surface area (Å²) in [5.41, 5.74) is 2.26. The van der Waals surface area contributed by atoms with Gasteiger partial charge >= 0.3 is 0 Å². The number of nitro benzene ring substituents is 1. The lowest BCUT2D eigenvalue weighted by atomic mass is 10.2. The molecule has 1 amide bonds. The maximum Gasteiger partial charge on any atom is 0.271 e. The molecule has 0 aliphatic carbocycles. The molecule has 1 heterocycles. The third-order valence-corrected chi connectivity index (χ3v) is 4.67. The van der Waals surface area contributed by atoms with Crippen LogP contribution < -0.4 is 10.1 Å². The molecule has 1 aromatic heterocycles. The van der Waals surface area contributed by atoms with Gasteiger partial charge in [0, 0.05) is 29.4 Å². The summed E-state index contributed by atoms with van der Waals surface area (Å²) in [5, 5.41) is 14.5. The lowest BCUT2D eigenvalue weighted by Gasteiger charge is -2.10. The molecule has 0 aliphatic heterocycles. The molecule has 4 aromatic rings. The highest BCUT2D eigenvalue weighted by molar-refractivity contribution is 5.93. The van der Waals surface area contributed by atoms with Crippen molar-refractivity contribution in [2.45, 2.75) is 13.2 Å². The van der Waals surface area contributed by atoms with Crippen LogP contribution in [0.4, 0.5) is 11.4 Å². The van der Waals surface area contributed by atoms with Gasteiger partial charge in [0.05, 0.1) is 10.4 Å². The van der Waals surface area contributed by atoms with Crippen molar-refractivity contribution < 1.29 is 14.5 Å². The van der Waals surface area contributed by atoms with Gasteiger partial charge in [-0.05, 0) is 29.8 Å². The molecule has 4 rings (SSSR count). The van der Waals surface area contributed by atoms with Crippen molar-refractivity contribution >= 4 is 28.2 Å². The fourth-order valence-electron chi connectivity index (χ4n) is 3.25. The number of fused-ring (bicyclic) bond motifs is 1. The summed E-state index contributed by atoms with van der Waals surface area (Å²) in [7, 11) is 0. The summed E-state index contributed by atoms with van der Waals surface area (Å²) in [6, 6.07) is 23.4. The van der Waals surface area contributed by atoms with E-state index in [2.05, 4.69) is 5.32 Å². The minimum absolute atomic E-state index is 0.0700. The lowest BCUT2D eigenvalue weighted by molar-refractivity contribution is -0.384. The third-order valence-electron chi connectivity index (χ3n) is 4.67. The highest BCUT2D eigenvalue weighted by atomic mass is 16.6. The number of aromatic nitrogens is 1. The van der Waals surface area contributed by atoms with Crippen LogP contribution in [0.1, 0.15) is 5.56 Å². The van der Waals surface area contributed by atoms with Gasteiger partial charge in [-0.25, -0.2) is 0 Å². The molecule has 3 aromatic carbocycles. The predicted molar refractivity (Wildman–Crippen MR) is 114 cm³/mol. The van der Waals surface area contributed by atoms with E-state index in [1.807, 2.05) is 65.4 Å². The van der Waals surface area contributed by atoms with E-state index in [1.165, 1.54) is 18.2 Å². The third kappa shape index (κ3) is 4.30. The van der Waals surface area contributed by atoms with Gasteiger partial charge in [0.15, 0.2) is 0 Å². The fraction of sp³-hybridized carbons (Fsp3) is 0.0870. The van der Waals surface area contributed by atoms with E-state index < -0.39 is 4.92 Å². The average Bonchev–Trinajstić information content (AvgIpc) is 3.16. The van der Waals surface area contributed by atoms with E-state index in [-0.39, 0.29) is 18.1 Å². The first-order valence-electron chi connectivity index (χ1n) is 9.39. The number of rotatable bonds is 7. The van der Waals surface area contributed by atoms with Crippen molar-refractivity contribution in [3.63, 3.8) is 0 Å². The van der Waals surface area contributed by atoms with Crippen LogP contribution in [0.25, 0.3) is 10.9 Å². The van der Waals surface area contributed by atoms with Crippen molar-refractivity contribution in [1.82, 2.24) is 4.57 Å². The van der Waals surface area contributed by atoms with Gasteiger partial charge in [-0.15, -0.1) is 0 Å². The highest BCUT2D eigenvalue weighted by Crippen LogP contribution is 2.27. The van der Waals surface area contributed by atoms with Gasteiger partial charge in [-0.2, -0.15) is 0 Å². The summed E-state index contributed by atoms with van der Waals surface area (Å²) < 4.78 is 7.79. The summed E-state index contributed by atoms with van der Waals surface area (Å²) in [4.78, 5) is 22.9. The number of hydrogen-bond donors (Lipinski definition) is 1. The van der Waals surface area contributed by atoms with E-state index in [4.69, 9.17) is 4.74 Å². The van der Waals surface area contributed by atoms with Crippen LogP contribution in [0.5, 0.6) is 5.75 Å². The highest BCUT2D eigenvalue weighted by Gasteiger charge is 2.12. The molecular weight excluding hydrogens is 382 g/mol. The standard InChI is InChI=1S/C23H19N3O4/c27-23(24-18-8-4-9-19(14-18)26(28)29)15-25-13-12-20-21(25)10-5-11-22(20)30-16-17-6-2-1-3-7-17/h1-14H,15-16H2,(H,24,27). The Morgan fingerprint density at radius 3 is 2.60 bits per heavy atom. The molecule has 0 spiro atoms. The zero-order valence-corrected chi connectivity index (χ0v) is 16.0. The second-order valence-electron chi connectivity index (χ2n) is 6.76. The number of hydrogen-bond acceptors (Lipinski definition) is 4. The molecule has 1 N–H and O–H groups in total. The molecule has 0 bridgehead atoms. The Morgan fingerprint density at radius 2 is 1.80 bits per heavy atom.